The van der Waals surface area contributed by atoms with Crippen LogP contribution in [0.5, 0.6) is 17.2 Å². The zero-order chi connectivity index (χ0) is 24.4. The number of aliphatic imine (C=N–C) groups is 1. The summed E-state index contributed by atoms with van der Waals surface area (Å²) in [7, 11) is 3.27. The maximum atomic E-state index is 12.4. The van der Waals surface area contributed by atoms with E-state index >= 15 is 0 Å². The van der Waals surface area contributed by atoms with E-state index in [1.54, 1.807) is 38.5 Å². The Morgan fingerprint density at radius 1 is 0.971 bits per heavy atom. The lowest BCUT2D eigenvalue weighted by atomic mass is 9.98. The molecule has 1 amide bonds. The Balaban J connectivity index is 1.56. The second-order valence-corrected chi connectivity index (χ2v) is 8.98. The maximum Gasteiger partial charge on any atom is 0.311 e. The van der Waals surface area contributed by atoms with E-state index in [1.165, 1.54) is 0 Å². The number of para-hydroxylation sites is 1. The predicted octanol–water partition coefficient (Wildman–Crippen LogP) is 5.87. The Kier molecular flexibility index (Phi) is 6.29. The van der Waals surface area contributed by atoms with Crippen molar-refractivity contribution in [3.8, 4) is 17.2 Å². The van der Waals surface area contributed by atoms with Crippen molar-refractivity contribution in [1.29, 1.82) is 0 Å². The SMILES string of the molecule is COc1ccc(C2=NN(C3=NC(=O)S/C3=C\c3ccccc3O)C(c3ccc(OC)cc3)C2)cc1. The van der Waals surface area contributed by atoms with Crippen molar-refractivity contribution in [3.05, 3.63) is 94.4 Å². The van der Waals surface area contributed by atoms with Gasteiger partial charge in [-0.15, -0.1) is 0 Å². The van der Waals surface area contributed by atoms with E-state index in [0.717, 1.165) is 40.1 Å². The summed E-state index contributed by atoms with van der Waals surface area (Å²) in [5.74, 6) is 2.13. The van der Waals surface area contributed by atoms with Gasteiger partial charge in [0, 0.05) is 12.0 Å². The minimum absolute atomic E-state index is 0.134. The molecule has 0 bridgehead atoms. The smallest absolute Gasteiger partial charge is 0.311 e. The number of carbonyl (C=O) groups is 1. The van der Waals surface area contributed by atoms with Crippen molar-refractivity contribution in [3.63, 3.8) is 0 Å². The zero-order valence-electron chi connectivity index (χ0n) is 19.2. The predicted molar refractivity (Wildman–Crippen MR) is 138 cm³/mol. The molecule has 0 radical (unpaired) electrons. The van der Waals surface area contributed by atoms with Crippen molar-refractivity contribution in [1.82, 2.24) is 5.01 Å². The lowest BCUT2D eigenvalue weighted by molar-refractivity contribution is 0.267. The molecule has 5 rings (SSSR count). The number of rotatable bonds is 5. The van der Waals surface area contributed by atoms with Crippen LogP contribution in [0.2, 0.25) is 0 Å². The standard InChI is InChI=1S/C27H23N3O4S/c1-33-20-11-7-17(8-12-20)22-16-23(18-9-13-21(34-2)14-10-18)30(29-22)26-25(35-27(32)28-26)15-19-5-3-4-6-24(19)31/h3-15,23,31H,16H2,1-2H3/b25-15-. The Hall–Kier alpha value is -4.04. The number of amides is 1. The second-order valence-electron chi connectivity index (χ2n) is 7.98. The number of aromatic hydroxyl groups is 1. The van der Waals surface area contributed by atoms with Crippen LogP contribution < -0.4 is 9.47 Å². The first-order chi connectivity index (χ1) is 17.1. The molecule has 0 aliphatic carbocycles. The quantitative estimate of drug-likeness (QED) is 0.487. The average molecular weight is 486 g/mol. The number of nitrogens with zero attached hydrogens (tertiary/aromatic N) is 3. The number of hydrogen-bond donors (Lipinski definition) is 1. The molecule has 2 aliphatic heterocycles. The highest BCUT2D eigenvalue weighted by Crippen LogP contribution is 2.40. The molecule has 1 unspecified atom stereocenters. The molecule has 3 aromatic rings. The van der Waals surface area contributed by atoms with Crippen LogP contribution in [0.25, 0.3) is 6.08 Å². The first kappa shape index (κ1) is 22.7. The third-order valence-electron chi connectivity index (χ3n) is 5.89. The van der Waals surface area contributed by atoms with E-state index in [-0.39, 0.29) is 17.0 Å². The van der Waals surface area contributed by atoms with E-state index < -0.39 is 0 Å². The number of hydrazone groups is 1. The van der Waals surface area contributed by atoms with Gasteiger partial charge in [0.2, 0.25) is 0 Å². The summed E-state index contributed by atoms with van der Waals surface area (Å²) in [5.41, 5.74) is 3.47. The number of thioether (sulfide) groups is 1. The molecule has 0 fully saturated rings. The minimum atomic E-state index is -0.316. The van der Waals surface area contributed by atoms with Gasteiger partial charge in [-0.05, 0) is 71.4 Å². The number of carbonyl (C=O) groups excluding carboxylic acids is 1. The van der Waals surface area contributed by atoms with Crippen LogP contribution in [0, 0.1) is 0 Å². The molecular formula is C27H23N3O4S. The molecule has 2 aliphatic rings. The Bertz CT molecular complexity index is 1350. The van der Waals surface area contributed by atoms with Gasteiger partial charge >= 0.3 is 5.24 Å². The van der Waals surface area contributed by atoms with Gasteiger partial charge in [-0.2, -0.15) is 10.1 Å². The van der Waals surface area contributed by atoms with Crippen LogP contribution in [0.1, 0.15) is 29.2 Å². The fraction of sp³-hybridized carbons (Fsp3) is 0.148. The van der Waals surface area contributed by atoms with Gasteiger partial charge < -0.3 is 14.6 Å². The van der Waals surface area contributed by atoms with E-state index in [2.05, 4.69) is 4.99 Å². The van der Waals surface area contributed by atoms with Crippen LogP contribution in [-0.2, 0) is 0 Å². The summed E-state index contributed by atoms with van der Waals surface area (Å²) in [6.45, 7) is 0. The van der Waals surface area contributed by atoms with Crippen LogP contribution in [-0.4, -0.2) is 41.1 Å². The molecule has 0 saturated carbocycles. The summed E-state index contributed by atoms with van der Waals surface area (Å²) in [5, 5.41) is 16.7. The molecule has 0 saturated heterocycles. The molecule has 2 heterocycles. The second kappa shape index (κ2) is 9.68. The highest BCUT2D eigenvalue weighted by molar-refractivity contribution is 8.18. The lowest BCUT2D eigenvalue weighted by Crippen LogP contribution is -2.26. The topological polar surface area (TPSA) is 83.7 Å². The van der Waals surface area contributed by atoms with E-state index in [9.17, 15) is 9.90 Å². The first-order valence-corrected chi connectivity index (χ1v) is 11.8. The van der Waals surface area contributed by atoms with E-state index in [1.807, 2.05) is 59.6 Å². The number of ether oxygens (including phenoxy) is 2. The lowest BCUT2D eigenvalue weighted by Gasteiger charge is -2.24. The summed E-state index contributed by atoms with van der Waals surface area (Å²) in [4.78, 5) is 17.4. The molecule has 7 nitrogen and oxygen atoms in total. The molecule has 176 valence electrons. The van der Waals surface area contributed by atoms with Gasteiger partial charge in [-0.25, -0.2) is 5.01 Å². The molecule has 35 heavy (non-hydrogen) atoms. The van der Waals surface area contributed by atoms with Crippen LogP contribution in [0.4, 0.5) is 4.79 Å². The molecule has 8 heteroatoms. The third kappa shape index (κ3) is 4.65. The van der Waals surface area contributed by atoms with Crippen LogP contribution >= 0.6 is 11.8 Å². The highest BCUT2D eigenvalue weighted by atomic mass is 32.2. The van der Waals surface area contributed by atoms with Crippen molar-refractivity contribution < 1.29 is 19.4 Å². The normalized spacial score (nSPS) is 18.6. The van der Waals surface area contributed by atoms with Gasteiger partial charge in [-0.1, -0.05) is 30.3 Å². The van der Waals surface area contributed by atoms with Crippen LogP contribution in [0.3, 0.4) is 0 Å². The fourth-order valence-electron chi connectivity index (χ4n) is 4.06. The molecule has 3 aromatic carbocycles. The number of hydrogen-bond acceptors (Lipinski definition) is 7. The average Bonchev–Trinajstić information content (AvgIpc) is 3.49. The Labute approximate surface area is 207 Å². The van der Waals surface area contributed by atoms with Gasteiger partial charge in [0.25, 0.3) is 0 Å². The van der Waals surface area contributed by atoms with Gasteiger partial charge in [-0.3, -0.25) is 4.79 Å². The fourth-order valence-corrected chi connectivity index (χ4v) is 4.80. The van der Waals surface area contributed by atoms with E-state index in [4.69, 9.17) is 14.6 Å². The molecular weight excluding hydrogens is 462 g/mol. The van der Waals surface area contributed by atoms with Crippen molar-refractivity contribution in [2.75, 3.05) is 14.2 Å². The van der Waals surface area contributed by atoms with E-state index in [0.29, 0.717) is 22.7 Å². The zero-order valence-corrected chi connectivity index (χ0v) is 20.0. The van der Waals surface area contributed by atoms with Crippen molar-refractivity contribution in [2.45, 2.75) is 12.5 Å². The van der Waals surface area contributed by atoms with Gasteiger partial charge in [0.1, 0.15) is 17.2 Å². The Morgan fingerprint density at radius 2 is 1.63 bits per heavy atom. The molecule has 1 atom stereocenters. The highest BCUT2D eigenvalue weighted by Gasteiger charge is 2.37. The monoisotopic (exact) mass is 485 g/mol. The molecule has 0 spiro atoms. The number of phenolic OH excluding ortho intramolecular Hbond substituents is 1. The largest absolute Gasteiger partial charge is 0.507 e. The summed E-state index contributed by atoms with van der Waals surface area (Å²) >= 11 is 1.03. The van der Waals surface area contributed by atoms with Crippen molar-refractivity contribution in [2.24, 2.45) is 10.1 Å². The third-order valence-corrected chi connectivity index (χ3v) is 6.68. The first-order valence-electron chi connectivity index (χ1n) is 11.0. The minimum Gasteiger partial charge on any atom is -0.507 e. The van der Waals surface area contributed by atoms with Gasteiger partial charge in [0.15, 0.2) is 5.84 Å². The summed E-state index contributed by atoms with van der Waals surface area (Å²) in [6, 6.07) is 22.4. The number of benzene rings is 3. The number of phenols is 1. The van der Waals surface area contributed by atoms with Crippen molar-refractivity contribution >= 4 is 34.6 Å². The van der Waals surface area contributed by atoms with Crippen LogP contribution in [0.15, 0.2) is 87.8 Å². The van der Waals surface area contributed by atoms with Gasteiger partial charge in [0.05, 0.1) is 30.9 Å². The maximum absolute atomic E-state index is 12.4. The summed E-state index contributed by atoms with van der Waals surface area (Å²) < 4.78 is 10.6. The summed E-state index contributed by atoms with van der Waals surface area (Å²) in [6.07, 6.45) is 2.40. The molecule has 0 aromatic heterocycles. The number of methoxy groups -OCH3 is 2. The molecule has 1 N–H and O–H groups in total. The number of amidine groups is 1. The Morgan fingerprint density at radius 3 is 2.29 bits per heavy atom.